The molecule has 3 saturated carbocycles. The van der Waals surface area contributed by atoms with Crippen molar-refractivity contribution in [1.29, 1.82) is 0 Å². The van der Waals surface area contributed by atoms with Crippen molar-refractivity contribution >= 4 is 22.5 Å². The zero-order chi connectivity index (χ0) is 34.3. The van der Waals surface area contributed by atoms with E-state index in [1.54, 1.807) is 36.8 Å². The predicted octanol–water partition coefficient (Wildman–Crippen LogP) is 5.33. The van der Waals surface area contributed by atoms with Crippen LogP contribution in [-0.2, 0) is 13.0 Å². The fourth-order valence-electron chi connectivity index (χ4n) is 8.10. The molecule has 49 heavy (non-hydrogen) atoms. The second kappa shape index (κ2) is 13.5. The SMILES string of the molecule is COc1ccc(CCn2c(-c3cnccn3)nc3cc(N/C(=N/C4C[C@H]5C[C@@H]([C@@H]4C)C5(C)C)N4CCN[C@@H](CF)C4)ccc3c2=O)c(F)c1. The van der Waals surface area contributed by atoms with E-state index >= 15 is 0 Å². The Hall–Kier alpha value is -4.45. The highest BCUT2D eigenvalue weighted by molar-refractivity contribution is 5.96. The number of rotatable bonds is 8. The van der Waals surface area contributed by atoms with Crippen molar-refractivity contribution in [3.63, 3.8) is 0 Å². The number of nitrogens with zero attached hydrogens (tertiary/aromatic N) is 6. The molecule has 2 N–H and O–H groups in total. The summed E-state index contributed by atoms with van der Waals surface area (Å²) >= 11 is 0. The van der Waals surface area contributed by atoms with Gasteiger partial charge in [0.25, 0.3) is 5.56 Å². The van der Waals surface area contributed by atoms with Crippen LogP contribution in [0.25, 0.3) is 22.4 Å². The molecule has 8 rings (SSSR count). The van der Waals surface area contributed by atoms with Crippen LogP contribution in [0.3, 0.4) is 0 Å². The zero-order valence-corrected chi connectivity index (χ0v) is 28.5. The lowest BCUT2D eigenvalue weighted by Gasteiger charge is -2.61. The van der Waals surface area contributed by atoms with Crippen LogP contribution in [0.15, 0.2) is 64.8 Å². The first-order valence-corrected chi connectivity index (χ1v) is 17.2. The van der Waals surface area contributed by atoms with Gasteiger partial charge in [-0.2, -0.15) is 0 Å². The number of fused-ring (bicyclic) bond motifs is 3. The van der Waals surface area contributed by atoms with Crippen molar-refractivity contribution in [3.8, 4) is 17.3 Å². The van der Waals surface area contributed by atoms with Crippen LogP contribution in [0.2, 0.25) is 0 Å². The van der Waals surface area contributed by atoms with Crippen molar-refractivity contribution in [2.75, 3.05) is 38.7 Å². The maximum absolute atomic E-state index is 14.8. The quantitative estimate of drug-likeness (QED) is 0.192. The van der Waals surface area contributed by atoms with Crippen molar-refractivity contribution in [2.45, 2.75) is 58.7 Å². The normalized spacial score (nSPS) is 24.8. The lowest BCUT2D eigenvalue weighted by Crippen LogP contribution is -2.58. The highest BCUT2D eigenvalue weighted by Gasteiger charge is 2.56. The van der Waals surface area contributed by atoms with E-state index in [0.717, 1.165) is 18.1 Å². The van der Waals surface area contributed by atoms with Crippen molar-refractivity contribution < 1.29 is 13.5 Å². The highest BCUT2D eigenvalue weighted by Crippen LogP contribution is 2.61. The number of aromatic nitrogens is 4. The number of alkyl halides is 1. The fraction of sp³-hybridized carbons (Fsp3) is 0.486. The van der Waals surface area contributed by atoms with Gasteiger partial charge in [0.2, 0.25) is 0 Å². The monoisotopic (exact) mass is 670 g/mol. The molecule has 1 unspecified atom stereocenters. The molecule has 0 radical (unpaired) electrons. The topological polar surface area (TPSA) is 110 Å². The van der Waals surface area contributed by atoms with Crippen LogP contribution in [0, 0.1) is 29.0 Å². The van der Waals surface area contributed by atoms with E-state index in [2.05, 4.69) is 46.3 Å². The number of ether oxygens (including phenoxy) is 1. The molecule has 4 aromatic rings. The number of hydrogen-bond acceptors (Lipinski definition) is 7. The van der Waals surface area contributed by atoms with Gasteiger partial charge in [-0.3, -0.25) is 14.3 Å². The highest BCUT2D eigenvalue weighted by atomic mass is 19.1. The van der Waals surface area contributed by atoms with Gasteiger partial charge in [-0.05, 0) is 72.3 Å². The summed E-state index contributed by atoms with van der Waals surface area (Å²) in [5.74, 6) is 2.82. The van der Waals surface area contributed by atoms with E-state index in [0.29, 0.717) is 76.5 Å². The van der Waals surface area contributed by atoms with Crippen LogP contribution in [-0.4, -0.2) is 75.9 Å². The number of methoxy groups -OCH3 is 1. The molecule has 4 fully saturated rings. The van der Waals surface area contributed by atoms with Crippen LogP contribution >= 0.6 is 0 Å². The Morgan fingerprint density at radius 3 is 2.76 bits per heavy atom. The summed E-state index contributed by atoms with van der Waals surface area (Å²) in [7, 11) is 1.49. The van der Waals surface area contributed by atoms with Gasteiger partial charge >= 0.3 is 0 Å². The number of benzene rings is 2. The number of hydrogen-bond donors (Lipinski definition) is 2. The molecule has 0 spiro atoms. The average molecular weight is 671 g/mol. The Morgan fingerprint density at radius 1 is 1.18 bits per heavy atom. The first kappa shape index (κ1) is 33.1. The Bertz CT molecular complexity index is 1920. The van der Waals surface area contributed by atoms with E-state index in [4.69, 9.17) is 14.7 Å². The van der Waals surface area contributed by atoms with Crippen molar-refractivity contribution in [2.24, 2.45) is 28.2 Å². The first-order chi connectivity index (χ1) is 23.7. The van der Waals surface area contributed by atoms with Crippen LogP contribution in [0.4, 0.5) is 14.5 Å². The number of aliphatic imine (C=N–C) groups is 1. The number of aryl methyl sites for hydroxylation is 1. The van der Waals surface area contributed by atoms with Gasteiger partial charge in [-0.25, -0.2) is 23.7 Å². The Labute approximate surface area is 285 Å². The molecule has 4 aliphatic rings. The largest absolute Gasteiger partial charge is 0.497 e. The van der Waals surface area contributed by atoms with Crippen molar-refractivity contribution in [3.05, 3.63) is 76.7 Å². The number of anilines is 1. The van der Waals surface area contributed by atoms with Gasteiger partial charge in [0.05, 0.1) is 36.3 Å². The summed E-state index contributed by atoms with van der Waals surface area (Å²) in [5.41, 5.74) is 2.19. The summed E-state index contributed by atoms with van der Waals surface area (Å²) < 4.78 is 35.3. The molecule has 5 atom stereocenters. The molecule has 3 aliphatic carbocycles. The lowest BCUT2D eigenvalue weighted by molar-refractivity contribution is -0.108. The molecule has 2 aromatic carbocycles. The zero-order valence-electron chi connectivity index (χ0n) is 28.5. The summed E-state index contributed by atoms with van der Waals surface area (Å²) in [6, 6.07) is 10.1. The van der Waals surface area contributed by atoms with Gasteiger partial charge in [-0.15, -0.1) is 0 Å². The molecule has 1 saturated heterocycles. The van der Waals surface area contributed by atoms with Gasteiger partial charge < -0.3 is 20.3 Å². The van der Waals surface area contributed by atoms with Gasteiger partial charge in [0.15, 0.2) is 11.8 Å². The maximum Gasteiger partial charge on any atom is 0.261 e. The predicted molar refractivity (Wildman–Crippen MR) is 187 cm³/mol. The maximum atomic E-state index is 14.8. The molecule has 12 heteroatoms. The standard InChI is InChI=1S/C37H44F2N8O2/c1-22-29-15-24(37(29,2)3)16-31(22)45-36(46-14-12-41-26(19-38)21-46)43-25-6-8-28-32(17-25)44-34(33-20-40-10-11-42-33)47(35(28)48)13-9-23-5-7-27(49-4)18-30(23)39/h5-8,10-11,17-18,20,22,24,26,29,31,41H,9,12-16,19,21H2,1-4H3,(H,43,45)/t22-,24+,26-,29-,31?/m0/s1. The molecule has 2 aromatic heterocycles. The molecule has 0 amide bonds. The number of piperazine rings is 1. The minimum atomic E-state index is -0.454. The second-order valence-electron chi connectivity index (χ2n) is 14.3. The summed E-state index contributed by atoms with van der Waals surface area (Å²) in [6.07, 6.45) is 7.23. The summed E-state index contributed by atoms with van der Waals surface area (Å²) in [6.45, 7) is 8.67. The van der Waals surface area contributed by atoms with Crippen molar-refractivity contribution in [1.82, 2.24) is 29.7 Å². The number of guanidine groups is 1. The second-order valence-corrected chi connectivity index (χ2v) is 14.3. The van der Waals surface area contributed by atoms with Gasteiger partial charge in [0, 0.05) is 50.3 Å². The summed E-state index contributed by atoms with van der Waals surface area (Å²) in [4.78, 5) is 35.1. The third kappa shape index (κ3) is 6.38. The van der Waals surface area contributed by atoms with E-state index < -0.39 is 12.5 Å². The number of nitrogens with one attached hydrogen (secondary N) is 2. The van der Waals surface area contributed by atoms with Crippen LogP contribution in [0.5, 0.6) is 5.75 Å². The molecule has 258 valence electrons. The molecule has 1 aliphatic heterocycles. The molecular weight excluding hydrogens is 626 g/mol. The lowest BCUT2D eigenvalue weighted by atomic mass is 9.45. The van der Waals surface area contributed by atoms with E-state index in [1.807, 2.05) is 12.1 Å². The number of halogens is 2. The Balaban J connectivity index is 1.23. The first-order valence-electron chi connectivity index (χ1n) is 17.2. The molecule has 10 nitrogen and oxygen atoms in total. The van der Waals surface area contributed by atoms with Gasteiger partial charge in [-0.1, -0.05) is 26.8 Å². The Morgan fingerprint density at radius 2 is 2.04 bits per heavy atom. The molecule has 2 bridgehead atoms. The fourth-order valence-corrected chi connectivity index (χ4v) is 8.10. The molecule has 3 heterocycles. The Kier molecular flexibility index (Phi) is 9.08. The average Bonchev–Trinajstić information content (AvgIpc) is 3.12. The van der Waals surface area contributed by atoms with Crippen LogP contribution < -0.4 is 20.9 Å². The summed E-state index contributed by atoms with van der Waals surface area (Å²) in [5, 5.41) is 7.24. The minimum absolute atomic E-state index is 0.169. The third-order valence-corrected chi connectivity index (χ3v) is 11.2. The third-order valence-electron chi connectivity index (χ3n) is 11.2. The molecular formula is C37H44F2N8O2. The minimum Gasteiger partial charge on any atom is -0.497 e. The van der Waals surface area contributed by atoms with E-state index in [-0.39, 0.29) is 30.6 Å². The van der Waals surface area contributed by atoms with Crippen LogP contribution in [0.1, 0.15) is 39.2 Å². The van der Waals surface area contributed by atoms with Gasteiger partial charge in [0.1, 0.15) is 23.9 Å². The van der Waals surface area contributed by atoms with E-state index in [1.165, 1.54) is 24.2 Å². The van der Waals surface area contributed by atoms with E-state index in [9.17, 15) is 13.6 Å². The smallest absolute Gasteiger partial charge is 0.261 e.